The second kappa shape index (κ2) is 9.35. The van der Waals surface area contributed by atoms with Crippen LogP contribution in [0.15, 0.2) is 30.3 Å². The summed E-state index contributed by atoms with van der Waals surface area (Å²) in [5, 5.41) is 0. The molecule has 0 amide bonds. The average Bonchev–Trinajstić information content (AvgIpc) is 2.66. The number of esters is 1. The van der Waals surface area contributed by atoms with Gasteiger partial charge in [-0.3, -0.25) is 9.69 Å². The van der Waals surface area contributed by atoms with Gasteiger partial charge in [-0.15, -0.1) is 0 Å². The van der Waals surface area contributed by atoms with Crippen molar-refractivity contribution in [3.05, 3.63) is 35.9 Å². The molecule has 1 saturated heterocycles. The predicted molar refractivity (Wildman–Crippen MR) is 98.2 cm³/mol. The zero-order valence-electron chi connectivity index (χ0n) is 15.4. The molecule has 0 spiro atoms. The van der Waals surface area contributed by atoms with Crippen molar-refractivity contribution in [1.82, 2.24) is 4.90 Å². The normalized spacial score (nSPS) is 25.6. The number of hydrogen-bond acceptors (Lipinski definition) is 4. The van der Waals surface area contributed by atoms with Crippen molar-refractivity contribution in [3.63, 3.8) is 0 Å². The molecule has 0 N–H and O–H groups in total. The van der Waals surface area contributed by atoms with Crippen LogP contribution in [0, 0.1) is 5.92 Å². The maximum absolute atomic E-state index is 11.4. The fourth-order valence-corrected chi connectivity index (χ4v) is 4.11. The molecule has 1 aromatic rings. The van der Waals surface area contributed by atoms with Crippen molar-refractivity contribution >= 4 is 5.97 Å². The summed E-state index contributed by atoms with van der Waals surface area (Å²) in [7, 11) is 1.47. The van der Waals surface area contributed by atoms with Crippen LogP contribution in [0.3, 0.4) is 0 Å². The Kier molecular flexibility index (Phi) is 6.88. The lowest BCUT2D eigenvalue weighted by Gasteiger charge is -2.36. The number of carbonyl (C=O) groups is 1. The molecule has 4 heteroatoms. The zero-order chi connectivity index (χ0) is 17.5. The van der Waals surface area contributed by atoms with E-state index in [0.717, 1.165) is 58.2 Å². The van der Waals surface area contributed by atoms with Crippen LogP contribution in [-0.4, -0.2) is 43.3 Å². The Morgan fingerprint density at radius 2 is 1.64 bits per heavy atom. The molecule has 0 unspecified atom stereocenters. The molecule has 0 radical (unpaired) electrons. The van der Waals surface area contributed by atoms with Gasteiger partial charge in [0.2, 0.25) is 0 Å². The van der Waals surface area contributed by atoms with Gasteiger partial charge in [0.1, 0.15) is 0 Å². The van der Waals surface area contributed by atoms with Gasteiger partial charge in [0.15, 0.2) is 0 Å². The Morgan fingerprint density at radius 3 is 2.28 bits per heavy atom. The molecule has 1 aromatic carbocycles. The van der Waals surface area contributed by atoms with Crippen LogP contribution in [0.1, 0.15) is 50.5 Å². The highest BCUT2D eigenvalue weighted by Gasteiger charge is 2.27. The van der Waals surface area contributed by atoms with Gasteiger partial charge in [-0.2, -0.15) is 0 Å². The van der Waals surface area contributed by atoms with E-state index < -0.39 is 0 Å². The van der Waals surface area contributed by atoms with Crippen molar-refractivity contribution in [2.75, 3.05) is 20.2 Å². The number of piperidine rings is 1. The van der Waals surface area contributed by atoms with Gasteiger partial charge in [-0.1, -0.05) is 30.3 Å². The van der Waals surface area contributed by atoms with Crippen molar-refractivity contribution in [1.29, 1.82) is 0 Å². The van der Waals surface area contributed by atoms with Crippen LogP contribution in [0.5, 0.6) is 0 Å². The van der Waals surface area contributed by atoms with Gasteiger partial charge in [0, 0.05) is 26.1 Å². The summed E-state index contributed by atoms with van der Waals surface area (Å²) in [6.45, 7) is 3.29. The number of methoxy groups -OCH3 is 1. The minimum Gasteiger partial charge on any atom is -0.469 e. The molecule has 2 aliphatic rings. The summed E-state index contributed by atoms with van der Waals surface area (Å²) in [5.41, 5.74) is 1.39. The van der Waals surface area contributed by atoms with Gasteiger partial charge in [-0.05, 0) is 50.0 Å². The predicted octanol–water partition coefficient (Wildman–Crippen LogP) is 3.79. The fourth-order valence-electron chi connectivity index (χ4n) is 4.11. The molecule has 2 fully saturated rings. The number of rotatable bonds is 6. The number of benzene rings is 1. The van der Waals surface area contributed by atoms with E-state index in [1.165, 1.54) is 12.7 Å². The first kappa shape index (κ1) is 18.4. The van der Waals surface area contributed by atoms with Gasteiger partial charge >= 0.3 is 5.97 Å². The third kappa shape index (κ3) is 5.82. The molecule has 138 valence electrons. The summed E-state index contributed by atoms with van der Waals surface area (Å²) in [6.07, 6.45) is 8.00. The first-order chi connectivity index (χ1) is 12.2. The Hall–Kier alpha value is -1.39. The van der Waals surface area contributed by atoms with E-state index in [1.54, 1.807) is 0 Å². The van der Waals surface area contributed by atoms with E-state index in [0.29, 0.717) is 24.5 Å². The third-order valence-corrected chi connectivity index (χ3v) is 5.65. The molecule has 0 bridgehead atoms. The summed E-state index contributed by atoms with van der Waals surface area (Å²) >= 11 is 0. The van der Waals surface area contributed by atoms with Gasteiger partial charge in [-0.25, -0.2) is 0 Å². The van der Waals surface area contributed by atoms with Crippen molar-refractivity contribution < 1.29 is 14.3 Å². The van der Waals surface area contributed by atoms with Crippen LogP contribution >= 0.6 is 0 Å². The molecule has 3 rings (SSSR count). The Labute approximate surface area is 151 Å². The third-order valence-electron chi connectivity index (χ3n) is 5.65. The Morgan fingerprint density at radius 1 is 1.00 bits per heavy atom. The van der Waals surface area contributed by atoms with E-state index in [4.69, 9.17) is 9.47 Å². The molecule has 1 saturated carbocycles. The molecule has 1 aliphatic heterocycles. The van der Waals surface area contributed by atoms with Crippen molar-refractivity contribution in [2.45, 2.75) is 63.7 Å². The topological polar surface area (TPSA) is 38.8 Å². The highest BCUT2D eigenvalue weighted by molar-refractivity contribution is 5.69. The molecule has 4 nitrogen and oxygen atoms in total. The number of ether oxygens (including phenoxy) is 2. The zero-order valence-corrected chi connectivity index (χ0v) is 15.4. The minimum absolute atomic E-state index is 0.0739. The molecular weight excluding hydrogens is 314 g/mol. The van der Waals surface area contributed by atoms with E-state index in [2.05, 4.69) is 35.2 Å². The van der Waals surface area contributed by atoms with Gasteiger partial charge in [0.25, 0.3) is 0 Å². The van der Waals surface area contributed by atoms with Crippen LogP contribution in [0.4, 0.5) is 0 Å². The second-order valence-electron chi connectivity index (χ2n) is 7.52. The van der Waals surface area contributed by atoms with Gasteiger partial charge in [0.05, 0.1) is 19.3 Å². The average molecular weight is 345 g/mol. The first-order valence-corrected chi connectivity index (χ1v) is 9.71. The van der Waals surface area contributed by atoms with E-state index in [9.17, 15) is 4.79 Å². The van der Waals surface area contributed by atoms with E-state index >= 15 is 0 Å². The van der Waals surface area contributed by atoms with Crippen molar-refractivity contribution in [3.8, 4) is 0 Å². The highest BCUT2D eigenvalue weighted by Crippen LogP contribution is 2.30. The maximum Gasteiger partial charge on any atom is 0.305 e. The Balaban J connectivity index is 1.34. The minimum atomic E-state index is -0.0739. The summed E-state index contributed by atoms with van der Waals surface area (Å²) in [6, 6.07) is 10.7. The lowest BCUT2D eigenvalue weighted by Crippen LogP contribution is -2.38. The fraction of sp³-hybridized carbons (Fsp3) is 0.667. The number of carbonyl (C=O) groups excluding carboxylic acids is 1. The van der Waals surface area contributed by atoms with Crippen LogP contribution in [-0.2, 0) is 20.8 Å². The van der Waals surface area contributed by atoms with Crippen molar-refractivity contribution in [2.24, 2.45) is 5.92 Å². The Bertz CT molecular complexity index is 517. The molecule has 0 aromatic heterocycles. The molecule has 0 atom stereocenters. The lowest BCUT2D eigenvalue weighted by molar-refractivity contribution is -0.142. The molecule has 1 aliphatic carbocycles. The first-order valence-electron chi connectivity index (χ1n) is 9.71. The standard InChI is InChI=1S/C21H31NO3/c1-24-21(23)15-17-7-9-19(10-8-17)25-20-11-13-22(14-12-20)16-18-5-3-2-4-6-18/h2-6,17,19-20H,7-16H2,1H3/t17-,19-. The largest absolute Gasteiger partial charge is 0.469 e. The number of likely N-dealkylation sites (tertiary alicyclic amines) is 1. The highest BCUT2D eigenvalue weighted by atomic mass is 16.5. The summed E-state index contributed by atoms with van der Waals surface area (Å²) < 4.78 is 11.1. The van der Waals surface area contributed by atoms with Crippen LogP contribution in [0.25, 0.3) is 0 Å². The smallest absolute Gasteiger partial charge is 0.305 e. The summed E-state index contributed by atoms with van der Waals surface area (Å²) in [5.74, 6) is 0.412. The van der Waals surface area contributed by atoms with Gasteiger partial charge < -0.3 is 9.47 Å². The van der Waals surface area contributed by atoms with E-state index in [1.807, 2.05) is 0 Å². The van der Waals surface area contributed by atoms with Crippen LogP contribution < -0.4 is 0 Å². The van der Waals surface area contributed by atoms with Crippen LogP contribution in [0.2, 0.25) is 0 Å². The molecular formula is C21H31NO3. The quantitative estimate of drug-likeness (QED) is 0.735. The second-order valence-corrected chi connectivity index (χ2v) is 7.52. The SMILES string of the molecule is COC(=O)C[C@H]1CC[C@H](OC2CCN(Cc3ccccc3)CC2)CC1. The number of hydrogen-bond donors (Lipinski definition) is 0. The molecule has 1 heterocycles. The molecule has 25 heavy (non-hydrogen) atoms. The monoisotopic (exact) mass is 345 g/mol. The number of nitrogens with zero attached hydrogens (tertiary/aromatic N) is 1. The summed E-state index contributed by atoms with van der Waals surface area (Å²) in [4.78, 5) is 13.9. The maximum atomic E-state index is 11.4. The van der Waals surface area contributed by atoms with E-state index in [-0.39, 0.29) is 5.97 Å². The lowest BCUT2D eigenvalue weighted by atomic mass is 9.85.